The molecule has 2 atom stereocenters. The van der Waals surface area contributed by atoms with E-state index in [-0.39, 0.29) is 0 Å². The molecule has 6 rings (SSSR count). The third-order valence-electron chi connectivity index (χ3n) is 7.30. The number of ether oxygens (including phenoxy) is 1. The molecule has 0 fully saturated rings. The maximum Gasteiger partial charge on any atom is 0.129 e. The Labute approximate surface area is 190 Å². The second-order valence-corrected chi connectivity index (χ2v) is 9.48. The number of hydrogen-bond donors (Lipinski definition) is 1. The molecule has 1 aliphatic heterocycles. The summed E-state index contributed by atoms with van der Waals surface area (Å²) in [5.74, 6) is 1.82. The fourth-order valence-corrected chi connectivity index (χ4v) is 5.93. The van der Waals surface area contributed by atoms with Gasteiger partial charge in [0, 0.05) is 35.9 Å². The van der Waals surface area contributed by atoms with Gasteiger partial charge >= 0.3 is 0 Å². The van der Waals surface area contributed by atoms with E-state index in [1.54, 1.807) is 16.2 Å². The highest BCUT2D eigenvalue weighted by Gasteiger charge is 2.36. The molecular formula is C29H31N2O+. The number of nitrogens with one attached hydrogen (secondary N) is 1. The van der Waals surface area contributed by atoms with Crippen LogP contribution in [0.15, 0.2) is 72.8 Å². The number of rotatable bonds is 4. The Balaban J connectivity index is 1.32. The highest BCUT2D eigenvalue weighted by Crippen LogP contribution is 2.37. The third-order valence-corrected chi connectivity index (χ3v) is 7.30. The number of hydrogen-bond acceptors (Lipinski definition) is 1. The monoisotopic (exact) mass is 423 g/mol. The van der Waals surface area contributed by atoms with Gasteiger partial charge in [0.15, 0.2) is 0 Å². The molecule has 0 saturated carbocycles. The molecule has 1 aromatic heterocycles. The second-order valence-electron chi connectivity index (χ2n) is 9.48. The average molecular weight is 424 g/mol. The molecule has 162 valence electrons. The van der Waals surface area contributed by atoms with Crippen LogP contribution in [-0.4, -0.2) is 11.1 Å². The van der Waals surface area contributed by atoms with Crippen LogP contribution in [-0.2, 0) is 19.5 Å². The highest BCUT2D eigenvalue weighted by atomic mass is 16.5. The minimum absolute atomic E-state index is 0.590. The predicted octanol–water partition coefficient (Wildman–Crippen LogP) is 5.61. The molecule has 0 saturated heterocycles. The van der Waals surface area contributed by atoms with Gasteiger partial charge in [0.2, 0.25) is 0 Å². The van der Waals surface area contributed by atoms with Gasteiger partial charge in [0.1, 0.15) is 24.1 Å². The molecule has 32 heavy (non-hydrogen) atoms. The molecule has 0 spiro atoms. The van der Waals surface area contributed by atoms with Crippen LogP contribution in [0.4, 0.5) is 0 Å². The van der Waals surface area contributed by atoms with Crippen LogP contribution in [0.5, 0.6) is 11.5 Å². The molecule has 0 amide bonds. The summed E-state index contributed by atoms with van der Waals surface area (Å²) < 4.78 is 8.77. The molecule has 2 heterocycles. The van der Waals surface area contributed by atoms with Gasteiger partial charge in [-0.25, -0.2) is 0 Å². The fraction of sp³-hybridized carbons (Fsp3) is 0.310. The van der Waals surface area contributed by atoms with Crippen LogP contribution < -0.4 is 9.64 Å². The molecule has 1 aliphatic carbocycles. The van der Waals surface area contributed by atoms with Crippen LogP contribution in [0.25, 0.3) is 10.9 Å². The van der Waals surface area contributed by atoms with Crippen molar-refractivity contribution in [3.8, 4) is 11.5 Å². The fourth-order valence-electron chi connectivity index (χ4n) is 5.93. The van der Waals surface area contributed by atoms with E-state index in [4.69, 9.17) is 4.74 Å². The van der Waals surface area contributed by atoms with Crippen LogP contribution in [0.1, 0.15) is 47.7 Å². The summed E-state index contributed by atoms with van der Waals surface area (Å²) in [6, 6.07) is 26.4. The zero-order chi connectivity index (χ0) is 21.5. The standard InChI is InChI=1S/C29H30N2O/c1-21-14-15-27-26(18-21)25-12-6-13-28-29(25)31(27)17-7-16-30(28)20-22-8-5-11-24(19-22)32-23-9-3-2-4-10-23/h2-5,8-11,14-15,18-19,28H,6-7,12-13,16-17,20H2,1H3/p+1/t28-/m1/s1. The zero-order valence-electron chi connectivity index (χ0n) is 18.8. The minimum Gasteiger partial charge on any atom is -0.457 e. The van der Waals surface area contributed by atoms with Crippen molar-refractivity contribution in [2.75, 3.05) is 6.54 Å². The van der Waals surface area contributed by atoms with E-state index >= 15 is 0 Å². The quantitative estimate of drug-likeness (QED) is 0.452. The van der Waals surface area contributed by atoms with Gasteiger partial charge in [-0.05, 0) is 61.7 Å². The number of nitrogens with zero attached hydrogens (tertiary/aromatic N) is 1. The van der Waals surface area contributed by atoms with Gasteiger partial charge in [-0.3, -0.25) is 0 Å². The molecule has 3 nitrogen and oxygen atoms in total. The van der Waals surface area contributed by atoms with Crippen LogP contribution in [0.2, 0.25) is 0 Å². The first-order valence-electron chi connectivity index (χ1n) is 12.0. The number of aromatic nitrogens is 1. The summed E-state index contributed by atoms with van der Waals surface area (Å²) >= 11 is 0. The first-order valence-corrected chi connectivity index (χ1v) is 12.0. The van der Waals surface area contributed by atoms with Crippen LogP contribution >= 0.6 is 0 Å². The SMILES string of the molecule is Cc1ccc2c(c1)c1c3n2CCC[NH+](Cc2cccc(Oc4ccccc4)c2)[C@@H]3CCC1. The summed E-state index contributed by atoms with van der Waals surface area (Å²) in [7, 11) is 0. The van der Waals surface area contributed by atoms with Gasteiger partial charge in [-0.2, -0.15) is 0 Å². The predicted molar refractivity (Wildman–Crippen MR) is 129 cm³/mol. The molecule has 0 radical (unpaired) electrons. The molecule has 1 N–H and O–H groups in total. The minimum atomic E-state index is 0.590. The van der Waals surface area contributed by atoms with Gasteiger partial charge in [-0.15, -0.1) is 0 Å². The Morgan fingerprint density at radius 2 is 1.81 bits per heavy atom. The first kappa shape index (κ1) is 19.6. The van der Waals surface area contributed by atoms with E-state index in [9.17, 15) is 0 Å². The summed E-state index contributed by atoms with van der Waals surface area (Å²) in [5.41, 5.74) is 7.44. The molecular weight excluding hydrogens is 392 g/mol. The first-order chi connectivity index (χ1) is 15.8. The van der Waals surface area contributed by atoms with Gasteiger partial charge in [-0.1, -0.05) is 42.0 Å². The maximum atomic E-state index is 6.11. The van der Waals surface area contributed by atoms with E-state index in [2.05, 4.69) is 54.0 Å². The zero-order valence-corrected chi connectivity index (χ0v) is 18.8. The molecule has 2 aliphatic rings. The lowest BCUT2D eigenvalue weighted by Crippen LogP contribution is -3.11. The van der Waals surface area contributed by atoms with Crippen molar-refractivity contribution < 1.29 is 9.64 Å². The van der Waals surface area contributed by atoms with E-state index < -0.39 is 0 Å². The lowest BCUT2D eigenvalue weighted by Gasteiger charge is -2.31. The Kier molecular flexibility index (Phi) is 4.99. The molecule has 4 aromatic rings. The van der Waals surface area contributed by atoms with E-state index in [0.717, 1.165) is 24.6 Å². The van der Waals surface area contributed by atoms with E-state index in [0.29, 0.717) is 6.04 Å². The topological polar surface area (TPSA) is 18.6 Å². The normalized spacial score (nSPS) is 20.0. The maximum absolute atomic E-state index is 6.11. The van der Waals surface area contributed by atoms with Crippen LogP contribution in [0.3, 0.4) is 0 Å². The average Bonchev–Trinajstić information content (AvgIpc) is 3.00. The number of para-hydroxylation sites is 1. The van der Waals surface area contributed by atoms with Crippen molar-refractivity contribution in [2.24, 2.45) is 0 Å². The molecule has 3 aromatic carbocycles. The van der Waals surface area contributed by atoms with Crippen molar-refractivity contribution >= 4 is 10.9 Å². The summed E-state index contributed by atoms with van der Waals surface area (Å²) in [4.78, 5) is 1.71. The van der Waals surface area contributed by atoms with Gasteiger partial charge in [0.05, 0.1) is 12.2 Å². The largest absolute Gasteiger partial charge is 0.457 e. The number of quaternary nitrogens is 1. The van der Waals surface area contributed by atoms with Crippen LogP contribution in [0, 0.1) is 6.92 Å². The Hall–Kier alpha value is -3.04. The number of fused-ring (bicyclic) bond motifs is 3. The Morgan fingerprint density at radius 3 is 2.72 bits per heavy atom. The lowest BCUT2D eigenvalue weighted by molar-refractivity contribution is -0.945. The highest BCUT2D eigenvalue weighted by molar-refractivity contribution is 5.86. The number of benzene rings is 3. The van der Waals surface area contributed by atoms with Crippen molar-refractivity contribution in [1.29, 1.82) is 0 Å². The van der Waals surface area contributed by atoms with E-state index in [1.807, 2.05) is 30.3 Å². The third kappa shape index (κ3) is 3.51. The number of aryl methyl sites for hydroxylation is 3. The van der Waals surface area contributed by atoms with Crippen molar-refractivity contribution in [1.82, 2.24) is 4.57 Å². The van der Waals surface area contributed by atoms with Crippen molar-refractivity contribution in [3.05, 3.63) is 95.2 Å². The second kappa shape index (κ2) is 8.14. The van der Waals surface area contributed by atoms with Gasteiger partial charge < -0.3 is 14.2 Å². The Morgan fingerprint density at radius 1 is 0.938 bits per heavy atom. The Bertz CT molecular complexity index is 1250. The summed E-state index contributed by atoms with van der Waals surface area (Å²) in [5, 5.41) is 1.50. The van der Waals surface area contributed by atoms with Crippen molar-refractivity contribution in [3.63, 3.8) is 0 Å². The van der Waals surface area contributed by atoms with Gasteiger partial charge in [0.25, 0.3) is 0 Å². The van der Waals surface area contributed by atoms with E-state index in [1.165, 1.54) is 54.3 Å². The lowest BCUT2D eigenvalue weighted by atomic mass is 9.90. The molecule has 1 unspecified atom stereocenters. The summed E-state index contributed by atoms with van der Waals surface area (Å²) in [6.45, 7) is 5.64. The molecule has 0 bridgehead atoms. The smallest absolute Gasteiger partial charge is 0.129 e. The molecule has 3 heteroatoms. The van der Waals surface area contributed by atoms with Crippen molar-refractivity contribution in [2.45, 2.75) is 51.7 Å². The summed E-state index contributed by atoms with van der Waals surface area (Å²) in [6.07, 6.45) is 5.05.